The van der Waals surface area contributed by atoms with Crippen LogP contribution in [-0.4, -0.2) is 17.0 Å². The molecule has 1 aromatic heterocycles. The SMILES string of the molecule is Cc1ccc(CN(C)c2cncnc2C#N)c(C)c1. The van der Waals surface area contributed by atoms with Crippen molar-refractivity contribution in [1.29, 1.82) is 5.26 Å². The molecular weight excluding hydrogens is 236 g/mol. The van der Waals surface area contributed by atoms with E-state index in [-0.39, 0.29) is 0 Å². The quantitative estimate of drug-likeness (QED) is 0.842. The van der Waals surface area contributed by atoms with Crippen molar-refractivity contribution in [1.82, 2.24) is 9.97 Å². The fourth-order valence-corrected chi connectivity index (χ4v) is 2.05. The normalized spacial score (nSPS) is 10.0. The molecular formula is C15H16N4. The number of rotatable bonds is 3. The van der Waals surface area contributed by atoms with Gasteiger partial charge in [-0.3, -0.25) is 0 Å². The monoisotopic (exact) mass is 252 g/mol. The van der Waals surface area contributed by atoms with E-state index in [9.17, 15) is 0 Å². The molecule has 0 atom stereocenters. The van der Waals surface area contributed by atoms with Crippen LogP contribution in [0.1, 0.15) is 22.4 Å². The number of hydrogen-bond donors (Lipinski definition) is 0. The molecule has 0 saturated heterocycles. The lowest BCUT2D eigenvalue weighted by Crippen LogP contribution is -2.19. The van der Waals surface area contributed by atoms with Crippen molar-refractivity contribution in [3.63, 3.8) is 0 Å². The Bertz CT molecular complexity index is 628. The third-order valence-corrected chi connectivity index (χ3v) is 3.12. The van der Waals surface area contributed by atoms with Crippen LogP contribution in [0, 0.1) is 25.2 Å². The molecule has 0 spiro atoms. The van der Waals surface area contributed by atoms with E-state index in [1.54, 1.807) is 6.20 Å². The lowest BCUT2D eigenvalue weighted by molar-refractivity contribution is 0.896. The average Bonchev–Trinajstić information content (AvgIpc) is 2.41. The van der Waals surface area contributed by atoms with Crippen LogP contribution in [0.25, 0.3) is 0 Å². The first-order valence-corrected chi connectivity index (χ1v) is 6.09. The summed E-state index contributed by atoms with van der Waals surface area (Å²) in [5, 5.41) is 9.06. The zero-order valence-corrected chi connectivity index (χ0v) is 11.4. The first-order chi connectivity index (χ1) is 9.11. The fourth-order valence-electron chi connectivity index (χ4n) is 2.05. The number of aryl methyl sites for hydroxylation is 2. The Morgan fingerprint density at radius 2 is 2.11 bits per heavy atom. The zero-order chi connectivity index (χ0) is 13.8. The molecule has 19 heavy (non-hydrogen) atoms. The maximum absolute atomic E-state index is 9.06. The van der Waals surface area contributed by atoms with Gasteiger partial charge in [0.15, 0.2) is 5.69 Å². The van der Waals surface area contributed by atoms with E-state index >= 15 is 0 Å². The third kappa shape index (κ3) is 2.89. The second-order valence-corrected chi connectivity index (χ2v) is 4.65. The summed E-state index contributed by atoms with van der Waals surface area (Å²) in [6, 6.07) is 8.48. The van der Waals surface area contributed by atoms with Gasteiger partial charge >= 0.3 is 0 Å². The molecule has 0 N–H and O–H groups in total. The van der Waals surface area contributed by atoms with Crippen LogP contribution in [0.5, 0.6) is 0 Å². The van der Waals surface area contributed by atoms with Crippen LogP contribution >= 0.6 is 0 Å². The van der Waals surface area contributed by atoms with Gasteiger partial charge in [0.25, 0.3) is 0 Å². The largest absolute Gasteiger partial charge is 0.367 e. The van der Waals surface area contributed by atoms with E-state index in [0.717, 1.165) is 12.2 Å². The van der Waals surface area contributed by atoms with Gasteiger partial charge in [0.05, 0.1) is 11.9 Å². The molecule has 2 aromatic rings. The summed E-state index contributed by atoms with van der Waals surface area (Å²) in [4.78, 5) is 9.97. The predicted octanol–water partition coefficient (Wildman–Crippen LogP) is 2.60. The van der Waals surface area contributed by atoms with E-state index in [4.69, 9.17) is 5.26 Å². The standard InChI is InChI=1S/C15H16N4/c1-11-4-5-13(12(2)6-11)9-19(3)15-8-17-10-18-14(15)7-16/h4-6,8,10H,9H2,1-3H3. The van der Waals surface area contributed by atoms with E-state index in [1.807, 2.05) is 11.9 Å². The van der Waals surface area contributed by atoms with E-state index in [2.05, 4.69) is 48.1 Å². The Hall–Kier alpha value is -2.41. The smallest absolute Gasteiger partial charge is 0.167 e. The van der Waals surface area contributed by atoms with Crippen LogP contribution in [-0.2, 0) is 6.54 Å². The summed E-state index contributed by atoms with van der Waals surface area (Å²) in [5.74, 6) is 0. The highest BCUT2D eigenvalue weighted by Crippen LogP contribution is 2.19. The number of anilines is 1. The lowest BCUT2D eigenvalue weighted by Gasteiger charge is -2.20. The van der Waals surface area contributed by atoms with Gasteiger partial charge in [-0.05, 0) is 25.0 Å². The van der Waals surface area contributed by atoms with E-state index in [0.29, 0.717) is 5.69 Å². The minimum atomic E-state index is 0.405. The first kappa shape index (κ1) is 13.0. The first-order valence-electron chi connectivity index (χ1n) is 6.09. The summed E-state index contributed by atoms with van der Waals surface area (Å²) in [6.45, 7) is 4.91. The van der Waals surface area contributed by atoms with Gasteiger partial charge in [-0.15, -0.1) is 0 Å². The highest BCUT2D eigenvalue weighted by Gasteiger charge is 2.10. The van der Waals surface area contributed by atoms with E-state index < -0.39 is 0 Å². The molecule has 0 aliphatic carbocycles. The van der Waals surface area contributed by atoms with Crippen molar-refractivity contribution in [2.45, 2.75) is 20.4 Å². The molecule has 0 aliphatic rings. The molecule has 96 valence electrons. The van der Waals surface area contributed by atoms with Gasteiger partial charge in [-0.1, -0.05) is 23.8 Å². The maximum Gasteiger partial charge on any atom is 0.167 e. The minimum Gasteiger partial charge on any atom is -0.367 e. The summed E-state index contributed by atoms with van der Waals surface area (Å²) >= 11 is 0. The Balaban J connectivity index is 2.26. The Labute approximate surface area is 113 Å². The molecule has 0 unspecified atom stereocenters. The second-order valence-electron chi connectivity index (χ2n) is 4.65. The van der Waals surface area contributed by atoms with Crippen LogP contribution in [0.2, 0.25) is 0 Å². The molecule has 0 aliphatic heterocycles. The van der Waals surface area contributed by atoms with Crippen LogP contribution < -0.4 is 4.90 Å². The Kier molecular flexibility index (Phi) is 3.76. The van der Waals surface area contributed by atoms with Crippen molar-refractivity contribution >= 4 is 5.69 Å². The highest BCUT2D eigenvalue weighted by atomic mass is 15.1. The Morgan fingerprint density at radius 3 is 2.79 bits per heavy atom. The summed E-state index contributed by atoms with van der Waals surface area (Å²) in [6.07, 6.45) is 3.07. The topological polar surface area (TPSA) is 52.8 Å². The van der Waals surface area contributed by atoms with Gasteiger partial charge < -0.3 is 4.90 Å². The molecule has 2 rings (SSSR count). The van der Waals surface area contributed by atoms with Crippen molar-refractivity contribution in [2.24, 2.45) is 0 Å². The van der Waals surface area contributed by atoms with Crippen molar-refractivity contribution in [3.8, 4) is 6.07 Å². The molecule has 4 heteroatoms. The number of nitriles is 1. The molecule has 0 radical (unpaired) electrons. The maximum atomic E-state index is 9.06. The minimum absolute atomic E-state index is 0.405. The van der Waals surface area contributed by atoms with Crippen molar-refractivity contribution in [3.05, 3.63) is 53.1 Å². The predicted molar refractivity (Wildman–Crippen MR) is 74.8 cm³/mol. The van der Waals surface area contributed by atoms with Crippen LogP contribution in [0.15, 0.2) is 30.7 Å². The van der Waals surface area contributed by atoms with E-state index in [1.165, 1.54) is 23.0 Å². The Morgan fingerprint density at radius 1 is 1.32 bits per heavy atom. The van der Waals surface area contributed by atoms with Crippen molar-refractivity contribution < 1.29 is 0 Å². The third-order valence-electron chi connectivity index (χ3n) is 3.12. The molecule has 1 aromatic carbocycles. The molecule has 0 fully saturated rings. The van der Waals surface area contributed by atoms with Gasteiger partial charge in [0.2, 0.25) is 0 Å². The van der Waals surface area contributed by atoms with Crippen LogP contribution in [0.3, 0.4) is 0 Å². The lowest BCUT2D eigenvalue weighted by atomic mass is 10.1. The number of hydrogen-bond acceptors (Lipinski definition) is 4. The molecule has 0 amide bonds. The molecule has 1 heterocycles. The number of benzene rings is 1. The molecule has 0 saturated carbocycles. The summed E-state index contributed by atoms with van der Waals surface area (Å²) in [7, 11) is 1.94. The van der Waals surface area contributed by atoms with Gasteiger partial charge in [0.1, 0.15) is 12.4 Å². The molecule has 0 bridgehead atoms. The van der Waals surface area contributed by atoms with Gasteiger partial charge in [-0.25, -0.2) is 9.97 Å². The van der Waals surface area contributed by atoms with Gasteiger partial charge in [0, 0.05) is 13.6 Å². The fraction of sp³-hybridized carbons (Fsp3) is 0.267. The molecule has 4 nitrogen and oxygen atoms in total. The highest BCUT2D eigenvalue weighted by molar-refractivity contribution is 5.54. The van der Waals surface area contributed by atoms with Gasteiger partial charge in [-0.2, -0.15) is 5.26 Å². The van der Waals surface area contributed by atoms with Crippen molar-refractivity contribution in [2.75, 3.05) is 11.9 Å². The summed E-state index contributed by atoms with van der Waals surface area (Å²) < 4.78 is 0. The second kappa shape index (κ2) is 5.49. The average molecular weight is 252 g/mol. The summed E-state index contributed by atoms with van der Waals surface area (Å²) in [5.41, 5.74) is 4.90. The zero-order valence-electron chi connectivity index (χ0n) is 11.4. The number of aromatic nitrogens is 2. The number of nitrogens with zero attached hydrogens (tertiary/aromatic N) is 4. The van der Waals surface area contributed by atoms with Crippen LogP contribution in [0.4, 0.5) is 5.69 Å².